The molecule has 0 aliphatic carbocycles. The molecule has 0 unspecified atom stereocenters. The normalized spacial score (nSPS) is 18.4. The van der Waals surface area contributed by atoms with Crippen molar-refractivity contribution >= 4 is 39.5 Å². The van der Waals surface area contributed by atoms with Gasteiger partial charge < -0.3 is 19.9 Å². The molecule has 3 aromatic rings. The van der Waals surface area contributed by atoms with Gasteiger partial charge in [0.2, 0.25) is 5.90 Å². The number of amides is 1. The molecule has 6 nitrogen and oxygen atoms in total. The maximum absolute atomic E-state index is 13.7. The second-order valence-corrected chi connectivity index (χ2v) is 11.3. The number of thioether (sulfide) groups is 1. The number of aliphatic hydroxyl groups is 1. The number of nitrogens with one attached hydrogen (secondary N) is 1. The van der Waals surface area contributed by atoms with Gasteiger partial charge in [-0.25, -0.2) is 9.38 Å². The molecule has 0 fully saturated rings. The van der Waals surface area contributed by atoms with Crippen molar-refractivity contribution in [1.82, 2.24) is 5.32 Å². The topological polar surface area (TPSA) is 80.2 Å². The monoisotopic (exact) mass is 614 g/mol. The van der Waals surface area contributed by atoms with E-state index < -0.39 is 11.6 Å². The van der Waals surface area contributed by atoms with Crippen molar-refractivity contribution in [1.29, 1.82) is 0 Å². The quantitative estimate of drug-likeness (QED) is 0.247. The van der Waals surface area contributed by atoms with Gasteiger partial charge in [0.15, 0.2) is 5.54 Å². The largest absolute Gasteiger partial charge is 0.494 e. The molecule has 0 saturated carbocycles. The minimum Gasteiger partial charge on any atom is -0.494 e. The fourth-order valence-electron chi connectivity index (χ4n) is 4.22. The molecular weight excluding hydrogens is 583 g/mol. The second kappa shape index (κ2) is 14.0. The van der Waals surface area contributed by atoms with Gasteiger partial charge in [-0.2, -0.15) is 11.8 Å². The highest BCUT2D eigenvalue weighted by atomic mass is 79.9. The van der Waals surface area contributed by atoms with Crippen LogP contribution in [0.3, 0.4) is 0 Å². The zero-order valence-electron chi connectivity index (χ0n) is 21.7. The lowest BCUT2D eigenvalue weighted by atomic mass is 9.86. The lowest BCUT2D eigenvalue weighted by Crippen LogP contribution is -2.52. The van der Waals surface area contributed by atoms with Gasteiger partial charge in [0.1, 0.15) is 17.7 Å². The summed E-state index contributed by atoms with van der Waals surface area (Å²) in [5.74, 6) is 2.13. The van der Waals surface area contributed by atoms with E-state index in [1.807, 2.05) is 55.5 Å². The number of nitrogens with zero attached hydrogens (tertiary/aromatic N) is 1. The minimum atomic E-state index is -1.12. The van der Waals surface area contributed by atoms with Gasteiger partial charge in [0.05, 0.1) is 6.61 Å². The predicted octanol–water partition coefficient (Wildman–Crippen LogP) is 5.55. The third-order valence-electron chi connectivity index (χ3n) is 6.43. The van der Waals surface area contributed by atoms with Gasteiger partial charge >= 0.3 is 0 Å². The van der Waals surface area contributed by atoms with E-state index in [0.717, 1.165) is 26.9 Å². The lowest BCUT2D eigenvalue weighted by Gasteiger charge is -2.28. The molecule has 3 aromatic carbocycles. The molecule has 2 atom stereocenters. The molecule has 0 bridgehead atoms. The smallest absolute Gasteiger partial charge is 0.252 e. The number of aliphatic hydroxyl groups excluding tert-OH is 1. The fraction of sp³-hybridized carbons (Fsp3) is 0.333. The van der Waals surface area contributed by atoms with Crippen LogP contribution in [0, 0.1) is 5.82 Å². The summed E-state index contributed by atoms with van der Waals surface area (Å²) in [5.41, 5.74) is 1.65. The zero-order chi connectivity index (χ0) is 27.7. The van der Waals surface area contributed by atoms with E-state index >= 15 is 0 Å². The van der Waals surface area contributed by atoms with Crippen LogP contribution in [0.15, 0.2) is 82.3 Å². The molecule has 2 N–H and O–H groups in total. The van der Waals surface area contributed by atoms with Crippen LogP contribution in [0.25, 0.3) is 0 Å². The molecule has 0 radical (unpaired) electrons. The highest BCUT2D eigenvalue weighted by Gasteiger charge is 2.50. The number of aliphatic imine (C=N–C) groups is 1. The Morgan fingerprint density at radius 2 is 1.79 bits per heavy atom. The van der Waals surface area contributed by atoms with Gasteiger partial charge in [-0.3, -0.25) is 4.79 Å². The maximum Gasteiger partial charge on any atom is 0.252 e. The van der Waals surface area contributed by atoms with Crippen LogP contribution in [-0.2, 0) is 21.7 Å². The summed E-state index contributed by atoms with van der Waals surface area (Å²) in [6.07, 6.45) is 0.471. The summed E-state index contributed by atoms with van der Waals surface area (Å²) in [6, 6.07) is 21.7. The Labute approximate surface area is 241 Å². The van der Waals surface area contributed by atoms with Gasteiger partial charge in [-0.1, -0.05) is 40.2 Å². The van der Waals surface area contributed by atoms with E-state index in [0.29, 0.717) is 43.4 Å². The number of carbonyl (C=O) groups is 1. The summed E-state index contributed by atoms with van der Waals surface area (Å²) < 4.78 is 25.9. The first-order valence-corrected chi connectivity index (χ1v) is 14.8. The molecule has 4 rings (SSSR count). The molecule has 0 saturated heterocycles. The summed E-state index contributed by atoms with van der Waals surface area (Å²) in [6.45, 7) is 2.87. The second-order valence-electron chi connectivity index (χ2n) is 9.29. The van der Waals surface area contributed by atoms with E-state index in [9.17, 15) is 9.18 Å². The SMILES string of the molecule is C[C@H]1OC(c2ccc(OCCCO)cc2)=N[C@@]1(Cc1ccc(Br)cc1)C(=O)NCCSCc1ccc(F)cc1. The van der Waals surface area contributed by atoms with Crippen molar-refractivity contribution < 1.29 is 23.8 Å². The van der Waals surface area contributed by atoms with Crippen LogP contribution in [0.1, 0.15) is 30.0 Å². The van der Waals surface area contributed by atoms with Crippen molar-refractivity contribution in [2.75, 3.05) is 25.5 Å². The van der Waals surface area contributed by atoms with Crippen molar-refractivity contribution in [3.05, 3.63) is 99.8 Å². The standard InChI is InChI=1S/C30H32BrFN2O4S/c1-21-30(19-22-3-9-25(31)10-4-22,29(36)33-15-18-39-20-23-5-11-26(32)12-6-23)34-28(38-21)24-7-13-27(14-8-24)37-17-2-16-35/h3-14,21,35H,2,15-20H2,1H3,(H,33,36)/t21-,30-/m1/s1. The number of hydrogen-bond acceptors (Lipinski definition) is 6. The van der Waals surface area contributed by atoms with Crippen molar-refractivity contribution in [3.63, 3.8) is 0 Å². The highest BCUT2D eigenvalue weighted by Crippen LogP contribution is 2.33. The number of halogens is 2. The Kier molecular flexibility index (Phi) is 10.4. The van der Waals surface area contributed by atoms with Gasteiger partial charge in [-0.15, -0.1) is 0 Å². The van der Waals surface area contributed by atoms with Crippen LogP contribution in [0.4, 0.5) is 4.39 Å². The summed E-state index contributed by atoms with van der Waals surface area (Å²) in [4.78, 5) is 18.6. The van der Waals surface area contributed by atoms with E-state index in [-0.39, 0.29) is 18.3 Å². The maximum atomic E-state index is 13.7. The van der Waals surface area contributed by atoms with E-state index in [2.05, 4.69) is 21.2 Å². The third-order valence-corrected chi connectivity index (χ3v) is 7.99. The molecule has 39 heavy (non-hydrogen) atoms. The van der Waals surface area contributed by atoms with Crippen LogP contribution in [-0.4, -0.2) is 54.1 Å². The first-order chi connectivity index (χ1) is 18.9. The molecule has 0 aromatic heterocycles. The Balaban J connectivity index is 1.46. The number of rotatable bonds is 13. The predicted molar refractivity (Wildman–Crippen MR) is 157 cm³/mol. The zero-order valence-corrected chi connectivity index (χ0v) is 24.1. The highest BCUT2D eigenvalue weighted by molar-refractivity contribution is 9.10. The van der Waals surface area contributed by atoms with Gasteiger partial charge in [-0.05, 0) is 66.6 Å². The Hall–Kier alpha value is -2.88. The molecular formula is C30H32BrFN2O4S. The fourth-order valence-corrected chi connectivity index (χ4v) is 5.30. The summed E-state index contributed by atoms with van der Waals surface area (Å²) >= 11 is 5.14. The van der Waals surface area contributed by atoms with Crippen molar-refractivity contribution in [2.45, 2.75) is 37.2 Å². The van der Waals surface area contributed by atoms with Crippen LogP contribution in [0.2, 0.25) is 0 Å². The van der Waals surface area contributed by atoms with Crippen LogP contribution >= 0.6 is 27.7 Å². The minimum absolute atomic E-state index is 0.0794. The molecule has 1 aliphatic rings. The molecule has 1 amide bonds. The average Bonchev–Trinajstić information content (AvgIpc) is 3.28. The molecule has 0 spiro atoms. The molecule has 206 valence electrons. The van der Waals surface area contributed by atoms with E-state index in [1.54, 1.807) is 23.9 Å². The van der Waals surface area contributed by atoms with Gasteiger partial charge in [0, 0.05) is 47.5 Å². The third kappa shape index (κ3) is 7.84. The van der Waals surface area contributed by atoms with Crippen molar-refractivity contribution in [2.24, 2.45) is 4.99 Å². The number of ether oxygens (including phenoxy) is 2. The lowest BCUT2D eigenvalue weighted by molar-refractivity contribution is -0.128. The average molecular weight is 616 g/mol. The number of carbonyl (C=O) groups excluding carboxylic acids is 1. The first-order valence-electron chi connectivity index (χ1n) is 12.8. The van der Waals surface area contributed by atoms with Crippen LogP contribution < -0.4 is 10.1 Å². The van der Waals surface area contributed by atoms with Crippen LogP contribution in [0.5, 0.6) is 5.75 Å². The number of hydrogen-bond donors (Lipinski definition) is 2. The van der Waals surface area contributed by atoms with Gasteiger partial charge in [0.25, 0.3) is 5.91 Å². The summed E-state index contributed by atoms with van der Waals surface area (Å²) in [5, 5.41) is 12.0. The Morgan fingerprint density at radius 1 is 1.10 bits per heavy atom. The molecule has 9 heteroatoms. The van der Waals surface area contributed by atoms with E-state index in [1.165, 1.54) is 12.1 Å². The molecule has 1 aliphatic heterocycles. The molecule has 1 heterocycles. The van der Waals surface area contributed by atoms with Crippen molar-refractivity contribution in [3.8, 4) is 5.75 Å². The first kappa shape index (κ1) is 29.1. The summed E-state index contributed by atoms with van der Waals surface area (Å²) in [7, 11) is 0. The van der Waals surface area contributed by atoms with E-state index in [4.69, 9.17) is 19.6 Å². The number of benzene rings is 3. The Bertz CT molecular complexity index is 1260. The Morgan fingerprint density at radius 3 is 2.49 bits per heavy atom.